The maximum Gasteiger partial charge on any atom is 0.329 e. The van der Waals surface area contributed by atoms with E-state index in [1.54, 1.807) is 0 Å². The molecule has 2 N–H and O–H groups in total. The van der Waals surface area contributed by atoms with Gasteiger partial charge in [0.2, 0.25) is 0 Å². The van der Waals surface area contributed by atoms with Gasteiger partial charge in [-0.05, 0) is 19.3 Å². The molecule has 6 nitrogen and oxygen atoms in total. The Morgan fingerprint density at radius 1 is 1.31 bits per heavy atom. The molecule has 0 aliphatic carbocycles. The van der Waals surface area contributed by atoms with Crippen LogP contribution < -0.4 is 0 Å². The van der Waals surface area contributed by atoms with Gasteiger partial charge >= 0.3 is 5.97 Å². The van der Waals surface area contributed by atoms with Crippen molar-refractivity contribution in [2.24, 2.45) is 0 Å². The van der Waals surface area contributed by atoms with Crippen LogP contribution in [0.15, 0.2) is 0 Å². The Hall–Kier alpha value is -0.690. The number of hydrogen-bond acceptors (Lipinski definition) is 5. The standard InChI is InChI=1S/C10H20O6/c1-2-9(14-8-10(11)12)6-4-3-5-7-15-16-13/h9,13H,2-8H2,1H3,(H,11,12). The Labute approximate surface area is 95.0 Å². The van der Waals surface area contributed by atoms with Crippen molar-refractivity contribution in [3.63, 3.8) is 0 Å². The predicted octanol–water partition coefficient (Wildman–Crippen LogP) is 1.85. The van der Waals surface area contributed by atoms with Gasteiger partial charge < -0.3 is 9.84 Å². The first-order valence-electron chi connectivity index (χ1n) is 5.47. The minimum atomic E-state index is -0.938. The SMILES string of the molecule is CCC(CCCCCOOO)OCC(=O)O. The van der Waals surface area contributed by atoms with E-state index in [0.29, 0.717) is 6.61 Å². The molecule has 1 unspecified atom stereocenters. The molecule has 0 aliphatic heterocycles. The first-order valence-corrected chi connectivity index (χ1v) is 5.47. The molecule has 0 aromatic rings. The molecule has 16 heavy (non-hydrogen) atoms. The van der Waals surface area contributed by atoms with Gasteiger partial charge in [0.05, 0.1) is 12.7 Å². The summed E-state index contributed by atoms with van der Waals surface area (Å²) in [6.07, 6.45) is 4.30. The number of carbonyl (C=O) groups is 1. The molecule has 0 spiro atoms. The molecule has 0 fully saturated rings. The van der Waals surface area contributed by atoms with Gasteiger partial charge in [-0.1, -0.05) is 24.8 Å². The van der Waals surface area contributed by atoms with Crippen molar-refractivity contribution in [3.8, 4) is 0 Å². The molecule has 0 aromatic carbocycles. The van der Waals surface area contributed by atoms with Crippen LogP contribution in [0, 0.1) is 0 Å². The molecule has 0 saturated heterocycles. The average Bonchev–Trinajstić information content (AvgIpc) is 2.27. The monoisotopic (exact) mass is 236 g/mol. The lowest BCUT2D eigenvalue weighted by molar-refractivity contribution is -0.490. The van der Waals surface area contributed by atoms with Crippen LogP contribution in [0.2, 0.25) is 0 Å². The molecule has 0 bridgehead atoms. The van der Waals surface area contributed by atoms with Crippen LogP contribution in [0.4, 0.5) is 0 Å². The van der Waals surface area contributed by atoms with Crippen LogP contribution >= 0.6 is 0 Å². The largest absolute Gasteiger partial charge is 0.480 e. The smallest absolute Gasteiger partial charge is 0.329 e. The van der Waals surface area contributed by atoms with Crippen LogP contribution in [0.5, 0.6) is 0 Å². The van der Waals surface area contributed by atoms with E-state index in [2.05, 4.69) is 9.93 Å². The summed E-state index contributed by atoms with van der Waals surface area (Å²) >= 11 is 0. The Bertz CT molecular complexity index is 173. The number of carboxylic acid groups (broad SMARTS) is 1. The first kappa shape index (κ1) is 15.3. The number of rotatable bonds is 11. The van der Waals surface area contributed by atoms with Gasteiger partial charge in [-0.3, -0.25) is 0 Å². The summed E-state index contributed by atoms with van der Waals surface area (Å²) in [5.74, 6) is -0.938. The van der Waals surface area contributed by atoms with Crippen molar-refractivity contribution in [1.82, 2.24) is 0 Å². The summed E-state index contributed by atoms with van der Waals surface area (Å²) in [5, 5.41) is 19.8. The molecule has 6 heteroatoms. The summed E-state index contributed by atoms with van der Waals surface area (Å²) < 4.78 is 5.18. The van der Waals surface area contributed by atoms with E-state index >= 15 is 0 Å². The molecule has 96 valence electrons. The van der Waals surface area contributed by atoms with E-state index in [1.165, 1.54) is 0 Å². The normalized spacial score (nSPS) is 12.6. The lowest BCUT2D eigenvalue weighted by Gasteiger charge is -2.14. The van der Waals surface area contributed by atoms with Crippen molar-refractivity contribution in [3.05, 3.63) is 0 Å². The quantitative estimate of drug-likeness (QED) is 0.323. The van der Waals surface area contributed by atoms with Gasteiger partial charge in [-0.15, -0.1) is 0 Å². The Morgan fingerprint density at radius 2 is 2.06 bits per heavy atom. The lowest BCUT2D eigenvalue weighted by atomic mass is 10.1. The second-order valence-corrected chi connectivity index (χ2v) is 3.48. The topological polar surface area (TPSA) is 85.2 Å². The minimum Gasteiger partial charge on any atom is -0.480 e. The van der Waals surface area contributed by atoms with Crippen LogP contribution in [0.3, 0.4) is 0 Å². The molecular weight excluding hydrogens is 216 g/mol. The van der Waals surface area contributed by atoms with E-state index < -0.39 is 5.97 Å². The lowest BCUT2D eigenvalue weighted by Crippen LogP contribution is -2.17. The molecule has 0 aromatic heterocycles. The minimum absolute atomic E-state index is 0.00566. The summed E-state index contributed by atoms with van der Waals surface area (Å²) in [6.45, 7) is 2.08. The van der Waals surface area contributed by atoms with Gasteiger partial charge in [0.15, 0.2) is 0 Å². The van der Waals surface area contributed by atoms with E-state index in [1.807, 2.05) is 6.92 Å². The highest BCUT2D eigenvalue weighted by Crippen LogP contribution is 2.10. The Balaban J connectivity index is 3.37. The van der Waals surface area contributed by atoms with Crippen molar-refractivity contribution in [2.75, 3.05) is 13.2 Å². The fourth-order valence-corrected chi connectivity index (χ4v) is 1.34. The molecule has 0 heterocycles. The van der Waals surface area contributed by atoms with Gasteiger partial charge in [0, 0.05) is 0 Å². The molecule has 0 aliphatic rings. The third-order valence-electron chi connectivity index (χ3n) is 2.20. The van der Waals surface area contributed by atoms with Crippen LogP contribution in [0.1, 0.15) is 39.0 Å². The number of carboxylic acids is 1. The summed E-state index contributed by atoms with van der Waals surface area (Å²) in [6, 6.07) is 0. The second-order valence-electron chi connectivity index (χ2n) is 3.48. The molecule has 0 amide bonds. The molecular formula is C10H20O6. The Morgan fingerprint density at radius 3 is 2.62 bits per heavy atom. The van der Waals surface area contributed by atoms with Gasteiger partial charge in [-0.2, -0.15) is 0 Å². The maximum absolute atomic E-state index is 10.3. The fourth-order valence-electron chi connectivity index (χ4n) is 1.34. The van der Waals surface area contributed by atoms with Crippen molar-refractivity contribution < 1.29 is 29.8 Å². The zero-order valence-corrected chi connectivity index (χ0v) is 9.55. The fraction of sp³-hybridized carbons (Fsp3) is 0.900. The summed E-state index contributed by atoms with van der Waals surface area (Å²) in [7, 11) is 0. The number of aliphatic carboxylic acids is 1. The van der Waals surface area contributed by atoms with Gasteiger partial charge in [0.1, 0.15) is 6.61 Å². The molecule has 0 rings (SSSR count). The van der Waals surface area contributed by atoms with Gasteiger partial charge in [0.25, 0.3) is 0 Å². The average molecular weight is 236 g/mol. The highest BCUT2D eigenvalue weighted by atomic mass is 17.5. The summed E-state index contributed by atoms with van der Waals surface area (Å²) in [4.78, 5) is 14.6. The maximum atomic E-state index is 10.3. The molecule has 0 radical (unpaired) electrons. The van der Waals surface area contributed by atoms with Crippen LogP contribution in [-0.2, 0) is 19.5 Å². The highest BCUT2D eigenvalue weighted by Gasteiger charge is 2.08. The third-order valence-corrected chi connectivity index (χ3v) is 2.20. The Kier molecular flexibility index (Phi) is 10.3. The van der Waals surface area contributed by atoms with E-state index in [0.717, 1.165) is 32.1 Å². The number of ether oxygens (including phenoxy) is 1. The van der Waals surface area contributed by atoms with Crippen LogP contribution in [-0.4, -0.2) is 35.7 Å². The predicted molar refractivity (Wildman–Crippen MR) is 55.8 cm³/mol. The molecule has 0 saturated carbocycles. The van der Waals surface area contributed by atoms with Crippen molar-refractivity contribution in [2.45, 2.75) is 45.1 Å². The second kappa shape index (κ2) is 10.8. The first-order chi connectivity index (χ1) is 7.70. The summed E-state index contributed by atoms with van der Waals surface area (Å²) in [5.41, 5.74) is 0. The van der Waals surface area contributed by atoms with E-state index in [4.69, 9.17) is 15.1 Å². The van der Waals surface area contributed by atoms with E-state index in [-0.39, 0.29) is 12.7 Å². The number of hydrogen-bond donors (Lipinski definition) is 2. The van der Waals surface area contributed by atoms with E-state index in [9.17, 15) is 4.79 Å². The van der Waals surface area contributed by atoms with Crippen molar-refractivity contribution >= 4 is 5.97 Å². The van der Waals surface area contributed by atoms with Crippen LogP contribution in [0.25, 0.3) is 0 Å². The zero-order chi connectivity index (χ0) is 12.2. The highest BCUT2D eigenvalue weighted by molar-refractivity contribution is 5.68. The van der Waals surface area contributed by atoms with Gasteiger partial charge in [-0.25, -0.2) is 14.9 Å². The van der Waals surface area contributed by atoms with Crippen molar-refractivity contribution in [1.29, 1.82) is 0 Å². The third kappa shape index (κ3) is 9.85. The zero-order valence-electron chi connectivity index (χ0n) is 9.55. The number of unbranched alkanes of at least 4 members (excludes halogenated alkanes) is 2. The molecule has 1 atom stereocenters.